The van der Waals surface area contributed by atoms with Gasteiger partial charge < -0.3 is 4.74 Å². The first kappa shape index (κ1) is 11.4. The second-order valence-electron chi connectivity index (χ2n) is 3.65. The topological polar surface area (TPSA) is 9.23 Å². The standard InChI is InChI=1S/C9H19BrO/c1-8(2)9(3,4)11-7-5-6-10/h8H,5-7H2,1-4H3. The molecule has 0 radical (unpaired) electrons. The number of alkyl halides is 1. The molecule has 0 aromatic carbocycles. The van der Waals surface area contributed by atoms with Crippen LogP contribution in [0.15, 0.2) is 0 Å². The van der Waals surface area contributed by atoms with Crippen LogP contribution in [0.4, 0.5) is 0 Å². The Bertz CT molecular complexity index is 99.7. The maximum absolute atomic E-state index is 5.70. The van der Waals surface area contributed by atoms with E-state index in [2.05, 4.69) is 43.6 Å². The molecule has 0 bridgehead atoms. The van der Waals surface area contributed by atoms with Crippen LogP contribution in [0.3, 0.4) is 0 Å². The normalized spacial score (nSPS) is 12.5. The van der Waals surface area contributed by atoms with Crippen molar-refractivity contribution < 1.29 is 4.74 Å². The molecule has 0 rings (SSSR count). The van der Waals surface area contributed by atoms with E-state index in [9.17, 15) is 0 Å². The van der Waals surface area contributed by atoms with Crippen LogP contribution in [0.2, 0.25) is 0 Å². The predicted molar refractivity (Wildman–Crippen MR) is 53.3 cm³/mol. The van der Waals surface area contributed by atoms with E-state index in [1.807, 2.05) is 0 Å². The molecule has 2 heteroatoms. The van der Waals surface area contributed by atoms with Crippen molar-refractivity contribution in [3.05, 3.63) is 0 Å². The Kier molecular flexibility index (Phi) is 5.36. The Hall–Kier alpha value is 0.440. The Balaban J connectivity index is 3.55. The number of ether oxygens (including phenoxy) is 1. The van der Waals surface area contributed by atoms with Gasteiger partial charge in [0.15, 0.2) is 0 Å². The zero-order valence-electron chi connectivity index (χ0n) is 7.98. The first-order valence-electron chi connectivity index (χ1n) is 4.20. The van der Waals surface area contributed by atoms with Gasteiger partial charge in [0, 0.05) is 11.9 Å². The van der Waals surface area contributed by atoms with Gasteiger partial charge in [-0.15, -0.1) is 0 Å². The third kappa shape index (κ3) is 4.81. The van der Waals surface area contributed by atoms with Crippen LogP contribution in [0.25, 0.3) is 0 Å². The Morgan fingerprint density at radius 1 is 1.36 bits per heavy atom. The molecule has 0 saturated heterocycles. The Morgan fingerprint density at radius 3 is 2.27 bits per heavy atom. The van der Waals surface area contributed by atoms with E-state index in [1.165, 1.54) is 0 Å². The van der Waals surface area contributed by atoms with Crippen molar-refractivity contribution in [3.8, 4) is 0 Å². The molecular weight excluding hydrogens is 204 g/mol. The molecule has 68 valence electrons. The minimum atomic E-state index is 0.0299. The fourth-order valence-electron chi connectivity index (χ4n) is 0.556. The fraction of sp³-hybridized carbons (Fsp3) is 1.00. The van der Waals surface area contributed by atoms with Crippen molar-refractivity contribution in [1.82, 2.24) is 0 Å². The molecule has 0 N–H and O–H groups in total. The third-order valence-electron chi connectivity index (χ3n) is 2.14. The number of hydrogen-bond donors (Lipinski definition) is 0. The summed E-state index contributed by atoms with van der Waals surface area (Å²) >= 11 is 3.37. The monoisotopic (exact) mass is 222 g/mol. The molecule has 0 heterocycles. The van der Waals surface area contributed by atoms with E-state index in [0.717, 1.165) is 18.4 Å². The van der Waals surface area contributed by atoms with Gasteiger partial charge in [-0.25, -0.2) is 0 Å². The van der Waals surface area contributed by atoms with Gasteiger partial charge >= 0.3 is 0 Å². The summed E-state index contributed by atoms with van der Waals surface area (Å²) in [4.78, 5) is 0. The molecule has 0 aromatic rings. The van der Waals surface area contributed by atoms with Crippen molar-refractivity contribution in [2.45, 2.75) is 39.7 Å². The lowest BCUT2D eigenvalue weighted by atomic mass is 9.95. The second kappa shape index (κ2) is 5.15. The molecule has 0 atom stereocenters. The lowest BCUT2D eigenvalue weighted by Gasteiger charge is -2.29. The average Bonchev–Trinajstić information content (AvgIpc) is 1.88. The molecule has 1 nitrogen and oxygen atoms in total. The fourth-order valence-corrected chi connectivity index (χ4v) is 0.785. The largest absolute Gasteiger partial charge is 0.375 e. The smallest absolute Gasteiger partial charge is 0.0649 e. The van der Waals surface area contributed by atoms with Gasteiger partial charge in [0.05, 0.1) is 5.60 Å². The molecule has 0 aromatic heterocycles. The van der Waals surface area contributed by atoms with Crippen molar-refractivity contribution in [2.75, 3.05) is 11.9 Å². The maximum Gasteiger partial charge on any atom is 0.0649 e. The highest BCUT2D eigenvalue weighted by molar-refractivity contribution is 9.09. The quantitative estimate of drug-likeness (QED) is 0.513. The van der Waals surface area contributed by atoms with E-state index >= 15 is 0 Å². The van der Waals surface area contributed by atoms with E-state index in [0.29, 0.717) is 5.92 Å². The lowest BCUT2D eigenvalue weighted by molar-refractivity contribution is -0.0494. The molecule has 0 saturated carbocycles. The van der Waals surface area contributed by atoms with Gasteiger partial charge in [0.2, 0.25) is 0 Å². The van der Waals surface area contributed by atoms with Gasteiger partial charge in [0.25, 0.3) is 0 Å². The van der Waals surface area contributed by atoms with Crippen molar-refractivity contribution >= 4 is 15.9 Å². The highest BCUT2D eigenvalue weighted by Gasteiger charge is 2.22. The van der Waals surface area contributed by atoms with E-state index in [1.54, 1.807) is 0 Å². The van der Waals surface area contributed by atoms with Gasteiger partial charge in [-0.2, -0.15) is 0 Å². The number of halogens is 1. The summed E-state index contributed by atoms with van der Waals surface area (Å²) in [5.74, 6) is 0.581. The van der Waals surface area contributed by atoms with Crippen LogP contribution >= 0.6 is 15.9 Å². The van der Waals surface area contributed by atoms with Gasteiger partial charge in [0.1, 0.15) is 0 Å². The Labute approximate surface area is 78.6 Å². The molecule has 0 aliphatic rings. The van der Waals surface area contributed by atoms with Gasteiger partial charge in [-0.3, -0.25) is 0 Å². The van der Waals surface area contributed by atoms with Crippen LogP contribution in [0, 0.1) is 5.92 Å². The number of hydrogen-bond acceptors (Lipinski definition) is 1. The summed E-state index contributed by atoms with van der Waals surface area (Å²) in [6.07, 6.45) is 1.09. The summed E-state index contributed by atoms with van der Waals surface area (Å²) in [5, 5.41) is 1.03. The van der Waals surface area contributed by atoms with Crippen molar-refractivity contribution in [2.24, 2.45) is 5.92 Å². The van der Waals surface area contributed by atoms with Crippen molar-refractivity contribution in [1.29, 1.82) is 0 Å². The molecule has 0 amide bonds. The molecule has 0 unspecified atom stereocenters. The zero-order chi connectivity index (χ0) is 8.91. The highest BCUT2D eigenvalue weighted by Crippen LogP contribution is 2.20. The SMILES string of the molecule is CC(C)C(C)(C)OCCCBr. The van der Waals surface area contributed by atoms with Crippen LogP contribution in [-0.2, 0) is 4.74 Å². The summed E-state index contributed by atoms with van der Waals surface area (Å²) in [5.41, 5.74) is 0.0299. The molecule has 11 heavy (non-hydrogen) atoms. The van der Waals surface area contributed by atoms with Crippen LogP contribution in [0.5, 0.6) is 0 Å². The zero-order valence-corrected chi connectivity index (χ0v) is 9.57. The highest BCUT2D eigenvalue weighted by atomic mass is 79.9. The van der Waals surface area contributed by atoms with E-state index in [-0.39, 0.29) is 5.60 Å². The van der Waals surface area contributed by atoms with Crippen molar-refractivity contribution in [3.63, 3.8) is 0 Å². The average molecular weight is 223 g/mol. The summed E-state index contributed by atoms with van der Waals surface area (Å²) < 4.78 is 5.70. The van der Waals surface area contributed by atoms with Crippen LogP contribution in [-0.4, -0.2) is 17.5 Å². The summed E-state index contributed by atoms with van der Waals surface area (Å²) in [6, 6.07) is 0. The molecule has 0 aliphatic carbocycles. The first-order chi connectivity index (χ1) is 5.00. The predicted octanol–water partition coefficient (Wildman–Crippen LogP) is 3.22. The minimum Gasteiger partial charge on any atom is -0.375 e. The van der Waals surface area contributed by atoms with Gasteiger partial charge in [-0.05, 0) is 26.2 Å². The van der Waals surface area contributed by atoms with E-state index < -0.39 is 0 Å². The van der Waals surface area contributed by atoms with Gasteiger partial charge in [-0.1, -0.05) is 29.8 Å². The second-order valence-corrected chi connectivity index (χ2v) is 4.44. The summed E-state index contributed by atoms with van der Waals surface area (Å²) in [7, 11) is 0. The summed E-state index contributed by atoms with van der Waals surface area (Å²) in [6.45, 7) is 9.52. The maximum atomic E-state index is 5.70. The van der Waals surface area contributed by atoms with Crippen LogP contribution < -0.4 is 0 Å². The first-order valence-corrected chi connectivity index (χ1v) is 5.32. The Morgan fingerprint density at radius 2 is 1.91 bits per heavy atom. The minimum absolute atomic E-state index is 0.0299. The molecular formula is C9H19BrO. The molecule has 0 aliphatic heterocycles. The van der Waals surface area contributed by atoms with Crippen LogP contribution in [0.1, 0.15) is 34.1 Å². The third-order valence-corrected chi connectivity index (χ3v) is 2.70. The van der Waals surface area contributed by atoms with E-state index in [4.69, 9.17) is 4.74 Å². The number of rotatable bonds is 5. The molecule has 0 spiro atoms. The molecule has 0 fully saturated rings. The lowest BCUT2D eigenvalue weighted by Crippen LogP contribution is -2.31.